The molecule has 24 heavy (non-hydrogen) atoms. The molecule has 2 unspecified atom stereocenters. The molecule has 4 nitrogen and oxygen atoms in total. The lowest BCUT2D eigenvalue weighted by Gasteiger charge is -2.17. The van der Waals surface area contributed by atoms with Crippen molar-refractivity contribution in [2.45, 2.75) is 52.2 Å². The Hall–Kier alpha value is -1.43. The first-order valence-corrected chi connectivity index (χ1v) is 9.07. The van der Waals surface area contributed by atoms with Gasteiger partial charge in [0.2, 0.25) is 0 Å². The van der Waals surface area contributed by atoms with Crippen LogP contribution >= 0.6 is 11.3 Å². The Morgan fingerprint density at radius 2 is 1.88 bits per heavy atom. The highest BCUT2D eigenvalue weighted by molar-refractivity contribution is 7.12. The molecule has 0 radical (unpaired) electrons. The lowest BCUT2D eigenvalue weighted by molar-refractivity contribution is 0.171. The summed E-state index contributed by atoms with van der Waals surface area (Å²) in [5.41, 5.74) is 2.02. The molecule has 0 saturated carbocycles. The number of methoxy groups -OCH3 is 1. The molecule has 0 spiro atoms. The van der Waals surface area contributed by atoms with Gasteiger partial charge in [0.15, 0.2) is 0 Å². The van der Waals surface area contributed by atoms with Crippen molar-refractivity contribution in [2.24, 2.45) is 0 Å². The number of aromatic nitrogens is 1. The second-order valence-electron chi connectivity index (χ2n) is 7.14. The van der Waals surface area contributed by atoms with Gasteiger partial charge in [0.05, 0.1) is 23.9 Å². The van der Waals surface area contributed by atoms with Gasteiger partial charge in [-0.05, 0) is 31.5 Å². The van der Waals surface area contributed by atoms with E-state index in [1.54, 1.807) is 18.4 Å². The number of nitrogens with one attached hydrogen (secondary N) is 1. The summed E-state index contributed by atoms with van der Waals surface area (Å²) in [6.45, 7) is 11.2. The average Bonchev–Trinajstić information content (AvgIpc) is 2.94. The van der Waals surface area contributed by atoms with Crippen molar-refractivity contribution < 1.29 is 9.84 Å². The van der Waals surface area contributed by atoms with E-state index in [-0.39, 0.29) is 11.5 Å². The minimum Gasteiger partial charge on any atom is -0.497 e. The number of hydrogen-bond donors (Lipinski definition) is 2. The highest BCUT2D eigenvalue weighted by atomic mass is 32.1. The third kappa shape index (κ3) is 4.56. The molecule has 2 aromatic rings. The zero-order valence-corrected chi connectivity index (χ0v) is 16.2. The minimum absolute atomic E-state index is 0.0655. The van der Waals surface area contributed by atoms with Crippen LogP contribution in [0.4, 0.5) is 0 Å². The Kier molecular flexibility index (Phi) is 6.01. The van der Waals surface area contributed by atoms with Crippen molar-refractivity contribution >= 4 is 11.3 Å². The maximum atomic E-state index is 10.4. The first-order valence-electron chi connectivity index (χ1n) is 8.25. The summed E-state index contributed by atoms with van der Waals surface area (Å²) < 4.78 is 5.15. The summed E-state index contributed by atoms with van der Waals surface area (Å²) in [5.74, 6) is 0.794. The molecule has 132 valence electrons. The molecule has 5 heteroatoms. The molecule has 2 N–H and O–H groups in total. The Morgan fingerprint density at radius 3 is 2.38 bits per heavy atom. The summed E-state index contributed by atoms with van der Waals surface area (Å²) in [7, 11) is 1.64. The molecule has 2 atom stereocenters. The van der Waals surface area contributed by atoms with Crippen LogP contribution in [0.3, 0.4) is 0 Å². The van der Waals surface area contributed by atoms with Gasteiger partial charge in [-0.15, -0.1) is 11.3 Å². The normalized spacial score (nSPS) is 14.5. The maximum absolute atomic E-state index is 10.4. The molecule has 0 fully saturated rings. The number of hydrogen-bond acceptors (Lipinski definition) is 5. The fourth-order valence-corrected chi connectivity index (χ4v) is 3.61. The number of nitrogens with zero attached hydrogens (tertiary/aromatic N) is 1. The molecular formula is C19H28N2O2S. The molecule has 0 saturated heterocycles. The van der Waals surface area contributed by atoms with Crippen LogP contribution in [0.1, 0.15) is 61.0 Å². The Labute approximate surface area is 148 Å². The topological polar surface area (TPSA) is 54.4 Å². The van der Waals surface area contributed by atoms with Crippen LogP contribution in [0.2, 0.25) is 0 Å². The van der Waals surface area contributed by atoms with Crippen molar-refractivity contribution in [1.29, 1.82) is 0 Å². The highest BCUT2D eigenvalue weighted by Crippen LogP contribution is 2.32. The zero-order chi connectivity index (χ0) is 17.9. The molecule has 0 amide bonds. The van der Waals surface area contributed by atoms with Crippen LogP contribution in [0.5, 0.6) is 5.75 Å². The first kappa shape index (κ1) is 18.9. The van der Waals surface area contributed by atoms with E-state index < -0.39 is 6.10 Å². The Bertz CT molecular complexity index is 659. The van der Waals surface area contributed by atoms with Gasteiger partial charge in [-0.2, -0.15) is 0 Å². The van der Waals surface area contributed by atoms with Gasteiger partial charge < -0.3 is 15.2 Å². The Balaban J connectivity index is 1.99. The molecule has 0 aliphatic rings. The van der Waals surface area contributed by atoms with E-state index in [0.717, 1.165) is 22.0 Å². The van der Waals surface area contributed by atoms with Gasteiger partial charge in [-0.25, -0.2) is 4.98 Å². The second-order valence-corrected chi connectivity index (χ2v) is 8.17. The second kappa shape index (κ2) is 7.64. The van der Waals surface area contributed by atoms with Crippen LogP contribution in [0.15, 0.2) is 24.3 Å². The summed E-state index contributed by atoms with van der Waals surface area (Å²) in [6, 6.07) is 7.68. The summed E-state index contributed by atoms with van der Waals surface area (Å²) in [4.78, 5) is 5.95. The molecule has 1 heterocycles. The molecule has 1 aromatic heterocycles. The molecule has 0 bridgehead atoms. The largest absolute Gasteiger partial charge is 0.497 e. The smallest absolute Gasteiger partial charge is 0.118 e. The van der Waals surface area contributed by atoms with E-state index >= 15 is 0 Å². The van der Waals surface area contributed by atoms with Crippen molar-refractivity contribution in [2.75, 3.05) is 13.7 Å². The zero-order valence-electron chi connectivity index (χ0n) is 15.4. The van der Waals surface area contributed by atoms with E-state index in [9.17, 15) is 5.11 Å². The Morgan fingerprint density at radius 1 is 1.25 bits per heavy atom. The van der Waals surface area contributed by atoms with Gasteiger partial charge in [-0.1, -0.05) is 32.9 Å². The van der Waals surface area contributed by atoms with Crippen molar-refractivity contribution in [3.8, 4) is 5.75 Å². The summed E-state index contributed by atoms with van der Waals surface area (Å²) in [6.07, 6.45) is -0.548. The molecule has 2 rings (SSSR count). The van der Waals surface area contributed by atoms with Crippen LogP contribution in [-0.4, -0.2) is 23.7 Å². The van der Waals surface area contributed by atoms with Gasteiger partial charge >= 0.3 is 0 Å². The summed E-state index contributed by atoms with van der Waals surface area (Å²) in [5, 5.41) is 14.9. The molecule has 0 aliphatic carbocycles. The van der Waals surface area contributed by atoms with E-state index in [1.165, 1.54) is 4.88 Å². The predicted octanol–water partition coefficient (Wildman–Crippen LogP) is 4.14. The van der Waals surface area contributed by atoms with Crippen LogP contribution in [0.25, 0.3) is 0 Å². The van der Waals surface area contributed by atoms with Crippen molar-refractivity contribution in [1.82, 2.24) is 10.3 Å². The lowest BCUT2D eigenvalue weighted by atomic mass is 9.98. The minimum atomic E-state index is -0.548. The first-order chi connectivity index (χ1) is 11.2. The van der Waals surface area contributed by atoms with Crippen molar-refractivity contribution in [3.05, 3.63) is 45.4 Å². The van der Waals surface area contributed by atoms with Crippen LogP contribution in [-0.2, 0) is 5.41 Å². The van der Waals surface area contributed by atoms with E-state index in [2.05, 4.69) is 39.9 Å². The quantitative estimate of drug-likeness (QED) is 0.824. The van der Waals surface area contributed by atoms with E-state index in [4.69, 9.17) is 9.72 Å². The van der Waals surface area contributed by atoms with E-state index in [0.29, 0.717) is 6.54 Å². The van der Waals surface area contributed by atoms with Gasteiger partial charge in [0.1, 0.15) is 5.75 Å². The van der Waals surface area contributed by atoms with E-state index in [1.807, 2.05) is 24.3 Å². The fraction of sp³-hybridized carbons (Fsp3) is 0.526. The summed E-state index contributed by atoms with van der Waals surface area (Å²) >= 11 is 1.76. The van der Waals surface area contributed by atoms with Gasteiger partial charge in [-0.3, -0.25) is 0 Å². The fourth-order valence-electron chi connectivity index (χ4n) is 2.46. The van der Waals surface area contributed by atoms with Crippen molar-refractivity contribution in [3.63, 3.8) is 0 Å². The number of aliphatic hydroxyl groups is 1. The number of benzene rings is 1. The van der Waals surface area contributed by atoms with Gasteiger partial charge in [0.25, 0.3) is 0 Å². The monoisotopic (exact) mass is 348 g/mol. The maximum Gasteiger partial charge on any atom is 0.118 e. The third-order valence-corrected chi connectivity index (χ3v) is 5.75. The highest BCUT2D eigenvalue weighted by Gasteiger charge is 2.22. The third-order valence-electron chi connectivity index (χ3n) is 3.99. The SMILES string of the molecule is COc1ccc(C(O)CNC(C)c2sc(C(C)(C)C)nc2C)cc1. The predicted molar refractivity (Wildman–Crippen MR) is 99.9 cm³/mol. The number of aryl methyl sites for hydroxylation is 1. The lowest BCUT2D eigenvalue weighted by Crippen LogP contribution is -2.24. The molecule has 1 aromatic carbocycles. The number of aliphatic hydroxyl groups excluding tert-OH is 1. The van der Waals surface area contributed by atoms with Gasteiger partial charge in [0, 0.05) is 22.9 Å². The average molecular weight is 349 g/mol. The molecule has 0 aliphatic heterocycles. The standard InChI is InChI=1S/C19H28N2O2S/c1-12(17-13(2)21-18(24-17)19(3,4)5)20-11-16(22)14-7-9-15(23-6)10-8-14/h7-10,12,16,20,22H,11H2,1-6H3. The number of ether oxygens (including phenoxy) is 1. The number of thiazole rings is 1. The van der Waals surface area contributed by atoms with Crippen LogP contribution in [0, 0.1) is 6.92 Å². The molecular weight excluding hydrogens is 320 g/mol. The number of rotatable bonds is 6. The van der Waals surface area contributed by atoms with Crippen LogP contribution < -0.4 is 10.1 Å².